The second-order valence-electron chi connectivity index (χ2n) is 7.53. The van der Waals surface area contributed by atoms with Gasteiger partial charge < -0.3 is 14.8 Å². The van der Waals surface area contributed by atoms with Gasteiger partial charge in [-0.3, -0.25) is 4.79 Å². The molecule has 0 spiro atoms. The van der Waals surface area contributed by atoms with Gasteiger partial charge in [0.15, 0.2) is 0 Å². The van der Waals surface area contributed by atoms with Crippen LogP contribution in [0.2, 0.25) is 0 Å². The lowest BCUT2D eigenvalue weighted by Gasteiger charge is -2.41. The predicted octanol–water partition coefficient (Wildman–Crippen LogP) is 2.07. The highest BCUT2D eigenvalue weighted by molar-refractivity contribution is 7.89. The zero-order valence-electron chi connectivity index (χ0n) is 15.4. The number of hydrogen-bond donors (Lipinski definition) is 2. The Kier molecular flexibility index (Phi) is 5.62. The molecular formula is C18H26N2O6S. The number of carboxylic acids is 1. The standard InChI is InChI=1S/C18H26N2O6S/c1-2-18(8-3-9-18)12-19-16(21)13-6-10-20(11-7-13)27(24,25)15-5-4-14(26-15)17(22)23/h4-5,13H,2-3,6-12H2,1H3,(H,19,21)(H,22,23). The van der Waals surface area contributed by atoms with Gasteiger partial charge in [-0.1, -0.05) is 13.3 Å². The second kappa shape index (κ2) is 7.63. The number of hydrogen-bond acceptors (Lipinski definition) is 5. The van der Waals surface area contributed by atoms with Gasteiger partial charge in [0.05, 0.1) is 0 Å². The molecule has 1 aromatic rings. The van der Waals surface area contributed by atoms with Crippen molar-refractivity contribution in [2.45, 2.75) is 50.5 Å². The zero-order chi connectivity index (χ0) is 19.7. The molecule has 8 nitrogen and oxygen atoms in total. The van der Waals surface area contributed by atoms with Crippen LogP contribution in [-0.4, -0.2) is 49.3 Å². The van der Waals surface area contributed by atoms with Crippen molar-refractivity contribution in [3.05, 3.63) is 17.9 Å². The second-order valence-corrected chi connectivity index (χ2v) is 9.40. The molecule has 2 aliphatic rings. The van der Waals surface area contributed by atoms with Crippen molar-refractivity contribution in [2.24, 2.45) is 11.3 Å². The summed E-state index contributed by atoms with van der Waals surface area (Å²) in [6.07, 6.45) is 5.47. The highest BCUT2D eigenvalue weighted by atomic mass is 32.2. The van der Waals surface area contributed by atoms with E-state index in [-0.39, 0.29) is 35.4 Å². The first-order valence-corrected chi connectivity index (χ1v) is 10.8. The Labute approximate surface area is 159 Å². The third kappa shape index (κ3) is 4.03. The van der Waals surface area contributed by atoms with E-state index in [9.17, 15) is 18.0 Å². The van der Waals surface area contributed by atoms with E-state index < -0.39 is 21.8 Å². The lowest BCUT2D eigenvalue weighted by atomic mass is 9.67. The highest BCUT2D eigenvalue weighted by Gasteiger charge is 2.37. The number of sulfonamides is 1. The molecule has 0 atom stereocenters. The fraction of sp³-hybridized carbons (Fsp3) is 0.667. The molecule has 1 amide bonds. The maximum Gasteiger partial charge on any atom is 0.371 e. The van der Waals surface area contributed by atoms with Gasteiger partial charge in [0.25, 0.3) is 10.0 Å². The number of carboxylic acid groups (broad SMARTS) is 1. The number of carbonyl (C=O) groups is 2. The van der Waals surface area contributed by atoms with Crippen molar-refractivity contribution in [3.63, 3.8) is 0 Å². The Morgan fingerprint density at radius 1 is 1.30 bits per heavy atom. The molecule has 1 saturated carbocycles. The van der Waals surface area contributed by atoms with Crippen LogP contribution in [0.4, 0.5) is 0 Å². The van der Waals surface area contributed by atoms with Crippen molar-refractivity contribution < 1.29 is 27.5 Å². The van der Waals surface area contributed by atoms with Crippen molar-refractivity contribution in [1.82, 2.24) is 9.62 Å². The summed E-state index contributed by atoms with van der Waals surface area (Å²) in [5.74, 6) is -1.93. The van der Waals surface area contributed by atoms with Gasteiger partial charge in [-0.2, -0.15) is 4.31 Å². The summed E-state index contributed by atoms with van der Waals surface area (Å²) in [5, 5.41) is 11.6. The molecule has 0 aromatic carbocycles. The van der Waals surface area contributed by atoms with Crippen molar-refractivity contribution in [3.8, 4) is 0 Å². The molecule has 0 unspecified atom stereocenters. The smallest absolute Gasteiger partial charge is 0.371 e. The van der Waals surface area contributed by atoms with Gasteiger partial charge in [0.1, 0.15) is 0 Å². The van der Waals surface area contributed by atoms with E-state index in [1.807, 2.05) is 0 Å². The van der Waals surface area contributed by atoms with Crippen LogP contribution in [0.3, 0.4) is 0 Å². The quantitative estimate of drug-likeness (QED) is 0.726. The molecule has 1 aliphatic heterocycles. The Morgan fingerprint density at radius 2 is 1.96 bits per heavy atom. The minimum absolute atomic E-state index is 0.00191. The third-order valence-electron chi connectivity index (χ3n) is 6.01. The molecule has 2 fully saturated rings. The van der Waals surface area contributed by atoms with E-state index in [1.165, 1.54) is 10.7 Å². The molecule has 0 radical (unpaired) electrons. The predicted molar refractivity (Wildman–Crippen MR) is 96.7 cm³/mol. The lowest BCUT2D eigenvalue weighted by Crippen LogP contribution is -2.46. The summed E-state index contributed by atoms with van der Waals surface area (Å²) < 4.78 is 31.3. The fourth-order valence-corrected chi connectivity index (χ4v) is 5.19. The van der Waals surface area contributed by atoms with Crippen LogP contribution in [0.5, 0.6) is 0 Å². The first-order chi connectivity index (χ1) is 12.8. The number of aromatic carboxylic acids is 1. The van der Waals surface area contributed by atoms with Crippen molar-refractivity contribution in [1.29, 1.82) is 0 Å². The van der Waals surface area contributed by atoms with Gasteiger partial charge in [0, 0.05) is 25.6 Å². The van der Waals surface area contributed by atoms with E-state index in [0.29, 0.717) is 19.4 Å². The number of rotatable bonds is 7. The number of furan rings is 1. The van der Waals surface area contributed by atoms with Crippen LogP contribution in [0.15, 0.2) is 21.6 Å². The zero-order valence-corrected chi connectivity index (χ0v) is 16.3. The number of carbonyl (C=O) groups excluding carboxylic acids is 1. The monoisotopic (exact) mass is 398 g/mol. The largest absolute Gasteiger partial charge is 0.475 e. The van der Waals surface area contributed by atoms with Crippen molar-refractivity contribution in [2.75, 3.05) is 19.6 Å². The molecule has 150 valence electrons. The summed E-state index contributed by atoms with van der Waals surface area (Å²) >= 11 is 0. The summed E-state index contributed by atoms with van der Waals surface area (Å²) in [6.45, 7) is 3.27. The van der Waals surface area contributed by atoms with E-state index >= 15 is 0 Å². The van der Waals surface area contributed by atoms with E-state index in [0.717, 1.165) is 31.4 Å². The molecule has 9 heteroatoms. The number of amides is 1. The third-order valence-corrected chi connectivity index (χ3v) is 7.79. The Morgan fingerprint density at radius 3 is 2.44 bits per heavy atom. The van der Waals surface area contributed by atoms with Gasteiger partial charge in [-0.15, -0.1) is 0 Å². The van der Waals surface area contributed by atoms with Gasteiger partial charge in [-0.25, -0.2) is 13.2 Å². The minimum atomic E-state index is -3.89. The van der Waals surface area contributed by atoms with Crippen molar-refractivity contribution >= 4 is 21.9 Å². The van der Waals surface area contributed by atoms with E-state index in [2.05, 4.69) is 12.2 Å². The SMILES string of the molecule is CCC1(CNC(=O)C2CCN(S(=O)(=O)c3ccc(C(=O)O)o3)CC2)CCC1. The summed E-state index contributed by atoms with van der Waals surface area (Å²) in [4.78, 5) is 23.3. The summed E-state index contributed by atoms with van der Waals surface area (Å²) in [6, 6.07) is 2.28. The molecule has 2 heterocycles. The number of nitrogens with one attached hydrogen (secondary N) is 1. The first-order valence-electron chi connectivity index (χ1n) is 9.38. The molecule has 27 heavy (non-hydrogen) atoms. The highest BCUT2D eigenvalue weighted by Crippen LogP contribution is 2.43. The molecule has 1 saturated heterocycles. The van der Waals surface area contributed by atoms with E-state index in [1.54, 1.807) is 0 Å². The van der Waals surface area contributed by atoms with Gasteiger partial charge in [0.2, 0.25) is 16.8 Å². The molecule has 1 aliphatic carbocycles. The number of piperidine rings is 1. The van der Waals surface area contributed by atoms with E-state index in [4.69, 9.17) is 9.52 Å². The molecule has 3 rings (SSSR count). The average molecular weight is 398 g/mol. The molecule has 1 aromatic heterocycles. The van der Waals surface area contributed by atoms with Crippen LogP contribution < -0.4 is 5.32 Å². The minimum Gasteiger partial charge on any atom is -0.475 e. The normalized spacial score (nSPS) is 20.8. The van der Waals surface area contributed by atoms with Crippen LogP contribution >= 0.6 is 0 Å². The maximum absolute atomic E-state index is 12.6. The van der Waals surface area contributed by atoms with Crippen LogP contribution in [-0.2, 0) is 14.8 Å². The summed E-state index contributed by atoms with van der Waals surface area (Å²) in [5.41, 5.74) is 0.251. The lowest BCUT2D eigenvalue weighted by molar-refractivity contribution is -0.127. The molecule has 0 bridgehead atoms. The van der Waals surface area contributed by atoms with Crippen LogP contribution in [0.25, 0.3) is 0 Å². The Balaban J connectivity index is 1.54. The molecular weight excluding hydrogens is 372 g/mol. The van der Waals surface area contributed by atoms with Crippen LogP contribution in [0, 0.1) is 11.3 Å². The Bertz CT molecular complexity index is 798. The molecule has 2 N–H and O–H groups in total. The Hall–Kier alpha value is -1.87. The summed E-state index contributed by atoms with van der Waals surface area (Å²) in [7, 11) is -3.89. The van der Waals surface area contributed by atoms with Crippen LogP contribution in [0.1, 0.15) is 56.0 Å². The topological polar surface area (TPSA) is 117 Å². The number of nitrogens with zero attached hydrogens (tertiary/aromatic N) is 1. The van der Waals surface area contributed by atoms with Gasteiger partial charge >= 0.3 is 5.97 Å². The maximum atomic E-state index is 12.6. The average Bonchev–Trinajstić information content (AvgIpc) is 3.12. The first kappa shape index (κ1) is 19.9. The van der Waals surface area contributed by atoms with Gasteiger partial charge in [-0.05, 0) is 49.7 Å². The fourth-order valence-electron chi connectivity index (χ4n) is 3.81.